The van der Waals surface area contributed by atoms with Crippen molar-refractivity contribution in [3.8, 4) is 11.8 Å². The number of nitrogens with zero attached hydrogens (tertiary/aromatic N) is 2. The van der Waals surface area contributed by atoms with Crippen molar-refractivity contribution in [2.24, 2.45) is 0 Å². The van der Waals surface area contributed by atoms with Gasteiger partial charge in [-0.15, -0.1) is 11.3 Å². The van der Waals surface area contributed by atoms with Gasteiger partial charge in [-0.2, -0.15) is 4.72 Å². The van der Waals surface area contributed by atoms with Crippen LogP contribution in [0.4, 0.5) is 5.69 Å². The fraction of sp³-hybridized carbons (Fsp3) is 0.118. The summed E-state index contributed by atoms with van der Waals surface area (Å²) in [5, 5.41) is 4.31. The molecule has 1 unspecified atom stereocenters. The number of carbonyl (C=O) groups is 1. The quantitative estimate of drug-likeness (QED) is 0.626. The Labute approximate surface area is 160 Å². The van der Waals surface area contributed by atoms with Crippen molar-refractivity contribution in [2.75, 3.05) is 5.32 Å². The molecule has 0 saturated carbocycles. The Balaban J connectivity index is 1.59. The van der Waals surface area contributed by atoms with Crippen molar-refractivity contribution in [1.82, 2.24) is 14.7 Å². The maximum atomic E-state index is 12.2. The summed E-state index contributed by atoms with van der Waals surface area (Å²) in [6, 6.07) is 10.6. The maximum absolute atomic E-state index is 12.2. The van der Waals surface area contributed by atoms with Crippen molar-refractivity contribution in [3.63, 3.8) is 0 Å². The predicted octanol–water partition coefficient (Wildman–Crippen LogP) is 2.64. The zero-order chi connectivity index (χ0) is 19.3. The number of rotatable bonds is 7. The zero-order valence-electron chi connectivity index (χ0n) is 14.2. The van der Waals surface area contributed by atoms with Gasteiger partial charge in [0.25, 0.3) is 10.0 Å². The normalized spacial score (nSPS) is 12.3. The Hall–Kier alpha value is -2.82. The molecule has 8 nitrogen and oxygen atoms in total. The molecule has 0 aliphatic rings. The van der Waals surface area contributed by atoms with E-state index in [0.29, 0.717) is 11.4 Å². The van der Waals surface area contributed by atoms with Gasteiger partial charge in [-0.1, -0.05) is 6.07 Å². The van der Waals surface area contributed by atoms with Crippen LogP contribution in [0.15, 0.2) is 64.4 Å². The molecule has 0 aliphatic carbocycles. The highest BCUT2D eigenvalue weighted by Gasteiger charge is 2.22. The van der Waals surface area contributed by atoms with E-state index in [1.807, 2.05) is 0 Å². The highest BCUT2D eigenvalue weighted by atomic mass is 32.2. The van der Waals surface area contributed by atoms with Gasteiger partial charge >= 0.3 is 6.01 Å². The Bertz CT molecular complexity index is 991. The number of ether oxygens (including phenoxy) is 1. The van der Waals surface area contributed by atoms with E-state index < -0.39 is 22.0 Å². The molecule has 2 heterocycles. The highest BCUT2D eigenvalue weighted by molar-refractivity contribution is 7.91. The minimum absolute atomic E-state index is 0.159. The summed E-state index contributed by atoms with van der Waals surface area (Å²) in [7, 11) is -3.72. The van der Waals surface area contributed by atoms with Crippen LogP contribution < -0.4 is 14.8 Å². The van der Waals surface area contributed by atoms with Gasteiger partial charge in [0.15, 0.2) is 0 Å². The fourth-order valence-corrected chi connectivity index (χ4v) is 4.27. The minimum atomic E-state index is -3.72. The molecule has 0 radical (unpaired) electrons. The standard InChI is InChI=1S/C17H16N4O4S2/c1-12(21-27(23,24)15-4-2-11-26-15)16(22)20-13-5-7-14(8-6-13)25-17-18-9-3-10-19-17/h2-12,21H,1H3,(H,20,22). The first-order chi connectivity index (χ1) is 12.9. The van der Waals surface area contributed by atoms with E-state index in [2.05, 4.69) is 20.0 Å². The van der Waals surface area contributed by atoms with Crippen LogP contribution in [0.25, 0.3) is 0 Å². The molecule has 0 bridgehead atoms. The van der Waals surface area contributed by atoms with Crippen LogP contribution in [0, 0.1) is 0 Å². The lowest BCUT2D eigenvalue weighted by Gasteiger charge is -2.14. The highest BCUT2D eigenvalue weighted by Crippen LogP contribution is 2.20. The van der Waals surface area contributed by atoms with Gasteiger partial charge < -0.3 is 10.1 Å². The lowest BCUT2D eigenvalue weighted by atomic mass is 10.2. The van der Waals surface area contributed by atoms with Gasteiger partial charge in [0.1, 0.15) is 9.96 Å². The number of thiophene rings is 1. The Morgan fingerprint density at radius 3 is 2.44 bits per heavy atom. The average Bonchev–Trinajstić information content (AvgIpc) is 3.19. The van der Waals surface area contributed by atoms with Gasteiger partial charge in [-0.25, -0.2) is 18.4 Å². The number of carbonyl (C=O) groups excluding carboxylic acids is 1. The molecule has 1 aromatic carbocycles. The van der Waals surface area contributed by atoms with Crippen molar-refractivity contribution in [3.05, 3.63) is 60.2 Å². The van der Waals surface area contributed by atoms with E-state index in [1.165, 1.54) is 13.0 Å². The molecule has 140 valence electrons. The summed E-state index contributed by atoms with van der Waals surface area (Å²) in [5.74, 6) is 0.0286. The number of anilines is 1. The second-order valence-electron chi connectivity index (χ2n) is 5.42. The number of aromatic nitrogens is 2. The third kappa shape index (κ3) is 5.09. The first kappa shape index (κ1) is 19.0. The molecule has 2 N–H and O–H groups in total. The minimum Gasteiger partial charge on any atom is -0.424 e. The fourth-order valence-electron chi connectivity index (χ4n) is 2.06. The monoisotopic (exact) mass is 404 g/mol. The van der Waals surface area contributed by atoms with Crippen LogP contribution in [-0.2, 0) is 14.8 Å². The topological polar surface area (TPSA) is 110 Å². The summed E-state index contributed by atoms with van der Waals surface area (Å²) >= 11 is 1.08. The molecule has 1 amide bonds. The van der Waals surface area contributed by atoms with Crippen molar-refractivity contribution in [1.29, 1.82) is 0 Å². The molecular formula is C17H16N4O4S2. The summed E-state index contributed by atoms with van der Waals surface area (Å²) < 4.78 is 32.3. The average molecular weight is 404 g/mol. The molecule has 1 atom stereocenters. The zero-order valence-corrected chi connectivity index (χ0v) is 15.8. The molecule has 3 aromatic rings. The number of amides is 1. The smallest absolute Gasteiger partial charge is 0.321 e. The molecule has 0 aliphatic heterocycles. The molecule has 2 aromatic heterocycles. The second-order valence-corrected chi connectivity index (χ2v) is 8.31. The Morgan fingerprint density at radius 1 is 1.11 bits per heavy atom. The van der Waals surface area contributed by atoms with Gasteiger partial charge in [-0.3, -0.25) is 4.79 Å². The molecule has 0 saturated heterocycles. The van der Waals surface area contributed by atoms with E-state index in [-0.39, 0.29) is 10.2 Å². The van der Waals surface area contributed by atoms with E-state index in [4.69, 9.17) is 4.74 Å². The van der Waals surface area contributed by atoms with Crippen molar-refractivity contribution >= 4 is 33.0 Å². The summed E-state index contributed by atoms with van der Waals surface area (Å²) in [6.45, 7) is 1.48. The van der Waals surface area contributed by atoms with Gasteiger partial charge in [0, 0.05) is 18.1 Å². The number of hydrogen-bond donors (Lipinski definition) is 2. The molecular weight excluding hydrogens is 388 g/mol. The van der Waals surface area contributed by atoms with Gasteiger partial charge in [0.2, 0.25) is 5.91 Å². The molecule has 0 fully saturated rings. The largest absolute Gasteiger partial charge is 0.424 e. The number of nitrogens with one attached hydrogen (secondary N) is 2. The summed E-state index contributed by atoms with van der Waals surface area (Å²) in [5.41, 5.74) is 0.503. The molecule has 10 heteroatoms. The Kier molecular flexibility index (Phi) is 5.79. The molecule has 27 heavy (non-hydrogen) atoms. The van der Waals surface area contributed by atoms with E-state index in [9.17, 15) is 13.2 Å². The molecule has 0 spiro atoms. The van der Waals surface area contributed by atoms with Crippen LogP contribution in [-0.4, -0.2) is 30.3 Å². The van der Waals surface area contributed by atoms with Crippen molar-refractivity contribution < 1.29 is 17.9 Å². The number of benzene rings is 1. The van der Waals surface area contributed by atoms with E-state index in [1.54, 1.807) is 54.2 Å². The third-order valence-corrected chi connectivity index (χ3v) is 6.30. The predicted molar refractivity (Wildman–Crippen MR) is 101 cm³/mol. The lowest BCUT2D eigenvalue weighted by Crippen LogP contribution is -2.41. The number of sulfonamides is 1. The van der Waals surface area contributed by atoms with Gasteiger partial charge in [0.05, 0.1) is 6.04 Å². The SMILES string of the molecule is CC(NS(=O)(=O)c1cccs1)C(=O)Nc1ccc(Oc2ncccn2)cc1. The molecule has 3 rings (SSSR count). The summed E-state index contributed by atoms with van der Waals surface area (Å²) in [6.07, 6.45) is 3.13. The second kappa shape index (κ2) is 8.25. The van der Waals surface area contributed by atoms with Crippen LogP contribution in [0.3, 0.4) is 0 Å². The van der Waals surface area contributed by atoms with Crippen molar-refractivity contribution in [2.45, 2.75) is 17.2 Å². The van der Waals surface area contributed by atoms with Crippen LogP contribution in [0.5, 0.6) is 11.8 Å². The van der Waals surface area contributed by atoms with E-state index >= 15 is 0 Å². The lowest BCUT2D eigenvalue weighted by molar-refractivity contribution is -0.117. The number of hydrogen-bond acceptors (Lipinski definition) is 7. The first-order valence-corrected chi connectivity index (χ1v) is 10.2. The maximum Gasteiger partial charge on any atom is 0.321 e. The Morgan fingerprint density at radius 2 is 1.81 bits per heavy atom. The first-order valence-electron chi connectivity index (χ1n) is 7.86. The summed E-state index contributed by atoms with van der Waals surface area (Å²) in [4.78, 5) is 20.2. The third-order valence-electron chi connectivity index (χ3n) is 3.36. The van der Waals surface area contributed by atoms with Gasteiger partial charge in [-0.05, 0) is 48.7 Å². The van der Waals surface area contributed by atoms with Crippen LogP contribution in [0.2, 0.25) is 0 Å². The van der Waals surface area contributed by atoms with E-state index in [0.717, 1.165) is 11.3 Å². The van der Waals surface area contributed by atoms with Crippen LogP contribution in [0.1, 0.15) is 6.92 Å². The van der Waals surface area contributed by atoms with Crippen LogP contribution >= 0.6 is 11.3 Å².